The summed E-state index contributed by atoms with van der Waals surface area (Å²) in [5.74, 6) is 2.96. The second kappa shape index (κ2) is 4.00. The molecule has 3 fully saturated rings. The van der Waals surface area contributed by atoms with Gasteiger partial charge in [-0.15, -0.1) is 0 Å². The highest BCUT2D eigenvalue weighted by Crippen LogP contribution is 2.62. The maximum atomic E-state index is 9.94. The lowest BCUT2D eigenvalue weighted by Gasteiger charge is -2.59. The molecule has 2 aliphatic carbocycles. The number of phenols is 1. The summed E-state index contributed by atoms with van der Waals surface area (Å²) < 4.78 is 0. The molecule has 2 bridgehead atoms. The molecule has 2 heteroatoms. The first-order valence-corrected chi connectivity index (χ1v) is 8.43. The van der Waals surface area contributed by atoms with E-state index in [0.717, 1.165) is 17.9 Å². The second-order valence-corrected chi connectivity index (χ2v) is 7.34. The van der Waals surface area contributed by atoms with Crippen LogP contribution in [0.25, 0.3) is 0 Å². The quantitative estimate of drug-likeness (QED) is 0.774. The number of phenolic OH excluding ortho intramolecular Hbond substituents is 1. The van der Waals surface area contributed by atoms with Crippen LogP contribution in [0.2, 0.25) is 0 Å². The predicted molar refractivity (Wildman–Crippen MR) is 78.8 cm³/mol. The Hall–Kier alpha value is -1.02. The van der Waals surface area contributed by atoms with Crippen molar-refractivity contribution in [3.63, 3.8) is 0 Å². The topological polar surface area (TPSA) is 23.5 Å². The van der Waals surface area contributed by atoms with Crippen molar-refractivity contribution in [2.24, 2.45) is 11.8 Å². The number of hydrogen-bond donors (Lipinski definition) is 1. The minimum absolute atomic E-state index is 0.466. The molecule has 1 N–H and O–H groups in total. The number of aromatic hydroxyl groups is 1. The molecular weight excluding hydrogens is 246 g/mol. The van der Waals surface area contributed by atoms with Gasteiger partial charge in [0.2, 0.25) is 0 Å². The normalized spacial score (nSPS) is 42.1. The molecule has 1 aromatic rings. The van der Waals surface area contributed by atoms with Gasteiger partial charge < -0.3 is 5.11 Å². The summed E-state index contributed by atoms with van der Waals surface area (Å²) in [5, 5.41) is 9.94. The van der Waals surface area contributed by atoms with Crippen LogP contribution in [0.3, 0.4) is 0 Å². The molecule has 6 rings (SSSR count). The van der Waals surface area contributed by atoms with Gasteiger partial charge in [-0.1, -0.05) is 18.9 Å². The molecule has 0 radical (unpaired) electrons. The number of benzene rings is 1. The van der Waals surface area contributed by atoms with Crippen LogP contribution in [0.5, 0.6) is 5.75 Å². The van der Waals surface area contributed by atoms with Crippen molar-refractivity contribution < 1.29 is 5.11 Å². The molecule has 0 unspecified atom stereocenters. The first kappa shape index (κ1) is 11.6. The highest BCUT2D eigenvalue weighted by molar-refractivity contribution is 5.46. The molecule has 0 aromatic heterocycles. The Kier molecular flexibility index (Phi) is 2.33. The summed E-state index contributed by atoms with van der Waals surface area (Å²) in [6.45, 7) is 1.30. The fraction of sp³-hybridized carbons (Fsp3) is 0.667. The molecule has 3 aliphatic heterocycles. The van der Waals surface area contributed by atoms with Crippen LogP contribution >= 0.6 is 0 Å². The Labute approximate surface area is 120 Å². The van der Waals surface area contributed by atoms with Gasteiger partial charge in [0.25, 0.3) is 0 Å². The molecule has 20 heavy (non-hydrogen) atoms. The van der Waals surface area contributed by atoms with Gasteiger partial charge in [-0.25, -0.2) is 0 Å². The lowest BCUT2D eigenvalue weighted by molar-refractivity contribution is -0.0441. The zero-order valence-corrected chi connectivity index (χ0v) is 12.0. The van der Waals surface area contributed by atoms with E-state index in [2.05, 4.69) is 17.0 Å². The highest BCUT2D eigenvalue weighted by atomic mass is 16.3. The van der Waals surface area contributed by atoms with E-state index < -0.39 is 0 Å². The Bertz CT molecular complexity index is 554. The smallest absolute Gasteiger partial charge is 0.115 e. The molecule has 2 nitrogen and oxygen atoms in total. The molecule has 3 heterocycles. The van der Waals surface area contributed by atoms with Gasteiger partial charge in [0.1, 0.15) is 5.75 Å². The van der Waals surface area contributed by atoms with Crippen molar-refractivity contribution in [1.29, 1.82) is 0 Å². The number of hydrogen-bond acceptors (Lipinski definition) is 2. The second-order valence-electron chi connectivity index (χ2n) is 7.34. The molecule has 106 valence electrons. The third-order valence-electron chi connectivity index (χ3n) is 6.60. The molecule has 1 aromatic carbocycles. The Morgan fingerprint density at radius 2 is 1.85 bits per heavy atom. The van der Waals surface area contributed by atoms with E-state index in [9.17, 15) is 5.11 Å². The summed E-state index contributed by atoms with van der Waals surface area (Å²) in [5.41, 5.74) is 3.05. The lowest BCUT2D eigenvalue weighted by Crippen LogP contribution is -2.58. The first-order valence-electron chi connectivity index (χ1n) is 8.43. The summed E-state index contributed by atoms with van der Waals surface area (Å²) in [4.78, 5) is 2.85. The summed E-state index contributed by atoms with van der Waals surface area (Å²) in [6.07, 6.45) is 8.42. The highest BCUT2D eigenvalue weighted by Gasteiger charge is 2.56. The molecule has 5 atom stereocenters. The SMILES string of the molecule is Oc1ccc2c(c1)[C@@H]1[C@H]3CCC[C@H]3[C@H]2N2CCCC[C@@H]12. The zero-order valence-electron chi connectivity index (χ0n) is 12.0. The van der Waals surface area contributed by atoms with Crippen LogP contribution < -0.4 is 0 Å². The van der Waals surface area contributed by atoms with E-state index in [0.29, 0.717) is 17.7 Å². The lowest BCUT2D eigenvalue weighted by atomic mass is 9.59. The molecule has 2 saturated heterocycles. The van der Waals surface area contributed by atoms with E-state index in [1.54, 1.807) is 5.56 Å². The van der Waals surface area contributed by atoms with Gasteiger partial charge in [0.05, 0.1) is 0 Å². The maximum Gasteiger partial charge on any atom is 0.115 e. The fourth-order valence-electron chi connectivity index (χ4n) is 6.06. The van der Waals surface area contributed by atoms with Crippen LogP contribution in [0, 0.1) is 11.8 Å². The Morgan fingerprint density at radius 3 is 2.80 bits per heavy atom. The maximum absolute atomic E-state index is 9.94. The number of rotatable bonds is 0. The number of piperidine rings is 2. The zero-order chi connectivity index (χ0) is 13.3. The van der Waals surface area contributed by atoms with Crippen molar-refractivity contribution in [3.8, 4) is 5.75 Å². The van der Waals surface area contributed by atoms with E-state index >= 15 is 0 Å². The van der Waals surface area contributed by atoms with E-state index in [4.69, 9.17) is 0 Å². The summed E-state index contributed by atoms with van der Waals surface area (Å²) >= 11 is 0. The largest absolute Gasteiger partial charge is 0.508 e. The summed E-state index contributed by atoms with van der Waals surface area (Å²) in [6, 6.07) is 7.65. The van der Waals surface area contributed by atoms with E-state index in [1.165, 1.54) is 50.6 Å². The monoisotopic (exact) mass is 269 g/mol. The molecular formula is C18H23NO. The van der Waals surface area contributed by atoms with Crippen molar-refractivity contribution in [2.45, 2.75) is 56.5 Å². The number of nitrogens with zero attached hydrogens (tertiary/aromatic N) is 1. The molecule has 5 aliphatic rings. The van der Waals surface area contributed by atoms with Crippen LogP contribution in [-0.4, -0.2) is 22.6 Å². The predicted octanol–water partition coefficient (Wildman–Crippen LogP) is 3.81. The fourth-order valence-corrected chi connectivity index (χ4v) is 6.06. The van der Waals surface area contributed by atoms with Gasteiger partial charge in [0.15, 0.2) is 0 Å². The van der Waals surface area contributed by atoms with Crippen molar-refractivity contribution >= 4 is 0 Å². The third kappa shape index (κ3) is 1.34. The minimum Gasteiger partial charge on any atom is -0.508 e. The molecule has 0 amide bonds. The van der Waals surface area contributed by atoms with Crippen molar-refractivity contribution in [2.75, 3.05) is 6.54 Å². The Morgan fingerprint density at radius 1 is 0.950 bits per heavy atom. The van der Waals surface area contributed by atoms with Crippen LogP contribution in [0.4, 0.5) is 0 Å². The van der Waals surface area contributed by atoms with Crippen LogP contribution in [-0.2, 0) is 0 Å². The van der Waals surface area contributed by atoms with Crippen LogP contribution in [0.1, 0.15) is 61.6 Å². The Balaban J connectivity index is 1.71. The van der Waals surface area contributed by atoms with Gasteiger partial charge in [-0.05, 0) is 67.3 Å². The van der Waals surface area contributed by atoms with Gasteiger partial charge in [0, 0.05) is 18.0 Å². The van der Waals surface area contributed by atoms with Gasteiger partial charge >= 0.3 is 0 Å². The van der Waals surface area contributed by atoms with E-state index in [1.807, 2.05) is 6.07 Å². The van der Waals surface area contributed by atoms with Gasteiger partial charge in [-0.3, -0.25) is 4.90 Å². The summed E-state index contributed by atoms with van der Waals surface area (Å²) in [7, 11) is 0. The standard InChI is InChI=1S/C18H23NO/c20-11-7-8-14-15(10-11)17-12-4-3-5-13(12)18(14)19-9-2-1-6-16(17)19/h7-8,10,12-13,16-18,20H,1-6,9H2/t12-,13+,16-,17-,18+/m0/s1. The van der Waals surface area contributed by atoms with Crippen molar-refractivity contribution in [3.05, 3.63) is 29.3 Å². The average Bonchev–Trinajstić information content (AvgIpc) is 2.96. The molecule has 1 saturated carbocycles. The minimum atomic E-state index is 0.466. The van der Waals surface area contributed by atoms with Crippen LogP contribution in [0.15, 0.2) is 18.2 Å². The molecule has 0 spiro atoms. The van der Waals surface area contributed by atoms with Crippen molar-refractivity contribution in [1.82, 2.24) is 4.90 Å². The third-order valence-corrected chi connectivity index (χ3v) is 6.60. The first-order chi connectivity index (χ1) is 9.84. The van der Waals surface area contributed by atoms with E-state index in [-0.39, 0.29) is 0 Å². The van der Waals surface area contributed by atoms with Gasteiger partial charge in [-0.2, -0.15) is 0 Å². The average molecular weight is 269 g/mol.